The van der Waals surface area contributed by atoms with E-state index in [2.05, 4.69) is 28.5 Å². The van der Waals surface area contributed by atoms with Crippen LogP contribution in [0.2, 0.25) is 0 Å². The molecule has 0 fully saturated rings. The molecule has 0 spiro atoms. The molecule has 0 radical (unpaired) electrons. The highest BCUT2D eigenvalue weighted by Crippen LogP contribution is 2.24. The molecule has 7 nitrogen and oxygen atoms in total. The molecular formula is C26H29N3O4. The molecule has 0 saturated heterocycles. The molecular weight excluding hydrogens is 418 g/mol. The Morgan fingerprint density at radius 3 is 2.64 bits per heavy atom. The summed E-state index contributed by atoms with van der Waals surface area (Å²) in [5, 5.41) is 2.90. The van der Waals surface area contributed by atoms with Gasteiger partial charge in [-0.25, -0.2) is 9.78 Å². The van der Waals surface area contributed by atoms with Crippen molar-refractivity contribution in [3.8, 4) is 0 Å². The van der Waals surface area contributed by atoms with Gasteiger partial charge < -0.3 is 14.6 Å². The van der Waals surface area contributed by atoms with Crippen LogP contribution in [-0.2, 0) is 28.9 Å². The van der Waals surface area contributed by atoms with E-state index < -0.39 is 5.97 Å². The van der Waals surface area contributed by atoms with Gasteiger partial charge in [0, 0.05) is 6.54 Å². The Morgan fingerprint density at radius 2 is 1.88 bits per heavy atom. The van der Waals surface area contributed by atoms with E-state index in [4.69, 9.17) is 4.74 Å². The second kappa shape index (κ2) is 9.57. The van der Waals surface area contributed by atoms with Gasteiger partial charge in [0.25, 0.3) is 11.5 Å². The van der Waals surface area contributed by atoms with Crippen molar-refractivity contribution in [2.24, 2.45) is 0 Å². The maximum Gasteiger partial charge on any atom is 0.338 e. The number of benzene rings is 2. The van der Waals surface area contributed by atoms with Crippen LogP contribution in [0, 0.1) is 6.92 Å². The molecule has 33 heavy (non-hydrogen) atoms. The summed E-state index contributed by atoms with van der Waals surface area (Å²) in [7, 11) is 0. The first-order chi connectivity index (χ1) is 15.9. The Labute approximate surface area is 192 Å². The van der Waals surface area contributed by atoms with Crippen LogP contribution in [0.1, 0.15) is 65.5 Å². The first kappa shape index (κ1) is 22.7. The lowest BCUT2D eigenvalue weighted by Crippen LogP contribution is -2.31. The highest BCUT2D eigenvalue weighted by Gasteiger charge is 2.17. The fourth-order valence-electron chi connectivity index (χ4n) is 4.42. The number of aryl methyl sites for hydroxylation is 4. The number of aromatic nitrogens is 2. The van der Waals surface area contributed by atoms with Crippen LogP contribution in [0.3, 0.4) is 0 Å². The Kier molecular flexibility index (Phi) is 6.58. The minimum atomic E-state index is -0.609. The number of rotatable bonds is 6. The van der Waals surface area contributed by atoms with Gasteiger partial charge in [-0.2, -0.15) is 0 Å². The van der Waals surface area contributed by atoms with Crippen LogP contribution in [0.5, 0.6) is 0 Å². The van der Waals surface area contributed by atoms with Crippen molar-refractivity contribution in [3.63, 3.8) is 0 Å². The maximum atomic E-state index is 12.5. The molecule has 7 heteroatoms. The predicted molar refractivity (Wildman–Crippen MR) is 126 cm³/mol. The smallest absolute Gasteiger partial charge is 0.338 e. The molecule has 1 aliphatic rings. The lowest BCUT2D eigenvalue weighted by atomic mass is 9.89. The second-order valence-electron chi connectivity index (χ2n) is 8.55. The molecule has 3 aromatic rings. The Bertz CT molecular complexity index is 1280. The minimum Gasteiger partial charge on any atom is -0.452 e. The number of nitrogens with one attached hydrogen (secondary N) is 1. The number of carbonyl (C=O) groups excluding carboxylic acids is 2. The molecule has 1 aliphatic carbocycles. The zero-order valence-corrected chi connectivity index (χ0v) is 19.3. The summed E-state index contributed by atoms with van der Waals surface area (Å²) in [6.45, 7) is 5.59. The molecule has 1 heterocycles. The summed E-state index contributed by atoms with van der Waals surface area (Å²) in [6, 6.07) is 11.1. The fourth-order valence-corrected chi connectivity index (χ4v) is 4.42. The van der Waals surface area contributed by atoms with Crippen molar-refractivity contribution in [2.45, 2.75) is 59.0 Å². The van der Waals surface area contributed by atoms with Gasteiger partial charge in [0.1, 0.15) is 5.69 Å². The molecule has 0 aliphatic heterocycles. The molecule has 1 atom stereocenters. The molecule has 172 valence electrons. The van der Waals surface area contributed by atoms with Gasteiger partial charge >= 0.3 is 5.97 Å². The number of amides is 1. The highest BCUT2D eigenvalue weighted by atomic mass is 16.5. The summed E-state index contributed by atoms with van der Waals surface area (Å²) in [5.74, 6) is -0.967. The van der Waals surface area contributed by atoms with Crippen molar-refractivity contribution in [2.75, 3.05) is 6.61 Å². The van der Waals surface area contributed by atoms with Crippen molar-refractivity contribution in [3.05, 3.63) is 74.7 Å². The summed E-state index contributed by atoms with van der Waals surface area (Å²) in [4.78, 5) is 41.4. The SMILES string of the molecule is CCn1c(=O)c(C)nc2cc(C(=O)OCC(=O)NC(C)c3ccc4c(c3)CCCC4)ccc21. The number of fused-ring (bicyclic) bond motifs is 2. The first-order valence-corrected chi connectivity index (χ1v) is 11.5. The monoisotopic (exact) mass is 447 g/mol. The zero-order chi connectivity index (χ0) is 23.5. The average Bonchev–Trinajstić information content (AvgIpc) is 2.82. The molecule has 2 aromatic carbocycles. The van der Waals surface area contributed by atoms with Gasteiger partial charge in [0.05, 0.1) is 22.6 Å². The van der Waals surface area contributed by atoms with E-state index in [1.165, 1.54) is 24.0 Å². The maximum absolute atomic E-state index is 12.5. The van der Waals surface area contributed by atoms with E-state index in [1.54, 1.807) is 29.7 Å². The first-order valence-electron chi connectivity index (χ1n) is 11.5. The molecule has 1 unspecified atom stereocenters. The molecule has 1 N–H and O–H groups in total. The number of ether oxygens (including phenoxy) is 1. The van der Waals surface area contributed by atoms with Gasteiger partial charge in [-0.15, -0.1) is 0 Å². The summed E-state index contributed by atoms with van der Waals surface area (Å²) >= 11 is 0. The van der Waals surface area contributed by atoms with Crippen LogP contribution in [0.25, 0.3) is 11.0 Å². The fraction of sp³-hybridized carbons (Fsp3) is 0.385. The Balaban J connectivity index is 1.39. The van der Waals surface area contributed by atoms with Gasteiger partial charge in [-0.05, 0) is 81.3 Å². The number of esters is 1. The van der Waals surface area contributed by atoms with Crippen molar-refractivity contribution >= 4 is 22.9 Å². The second-order valence-corrected chi connectivity index (χ2v) is 8.55. The summed E-state index contributed by atoms with van der Waals surface area (Å²) in [6.07, 6.45) is 4.63. The average molecular weight is 448 g/mol. The van der Waals surface area contributed by atoms with E-state index in [0.29, 0.717) is 23.3 Å². The summed E-state index contributed by atoms with van der Waals surface area (Å²) < 4.78 is 6.84. The topological polar surface area (TPSA) is 90.3 Å². The lowest BCUT2D eigenvalue weighted by Gasteiger charge is -2.20. The third-order valence-electron chi connectivity index (χ3n) is 6.25. The van der Waals surface area contributed by atoms with Crippen LogP contribution in [0.15, 0.2) is 41.2 Å². The quantitative estimate of drug-likeness (QED) is 0.583. The molecule has 1 amide bonds. The van der Waals surface area contributed by atoms with Gasteiger partial charge in [-0.1, -0.05) is 18.2 Å². The number of carbonyl (C=O) groups is 2. The molecule has 0 saturated carbocycles. The Morgan fingerprint density at radius 1 is 1.12 bits per heavy atom. The standard InChI is InChI=1S/C26H29N3O4/c1-4-29-23-12-11-21(14-22(23)27-17(3)25(29)31)26(32)33-15-24(30)28-16(2)19-10-9-18-7-5-6-8-20(18)13-19/h9-14,16H,4-8,15H2,1-3H3,(H,28,30). The summed E-state index contributed by atoms with van der Waals surface area (Å²) in [5.41, 5.74) is 5.50. The highest BCUT2D eigenvalue weighted by molar-refractivity contribution is 5.94. The number of nitrogens with zero attached hydrogens (tertiary/aromatic N) is 2. The molecule has 4 rings (SSSR count). The van der Waals surface area contributed by atoms with E-state index in [1.807, 2.05) is 13.8 Å². The van der Waals surface area contributed by atoms with E-state index in [-0.39, 0.29) is 29.7 Å². The minimum absolute atomic E-state index is 0.148. The van der Waals surface area contributed by atoms with Gasteiger partial charge in [-0.3, -0.25) is 9.59 Å². The molecule has 0 bridgehead atoms. The number of hydrogen-bond donors (Lipinski definition) is 1. The van der Waals surface area contributed by atoms with Gasteiger partial charge in [0.2, 0.25) is 0 Å². The third-order valence-corrected chi connectivity index (χ3v) is 6.25. The van der Waals surface area contributed by atoms with Crippen molar-refractivity contribution in [1.29, 1.82) is 0 Å². The largest absolute Gasteiger partial charge is 0.452 e. The van der Waals surface area contributed by atoms with Crippen LogP contribution in [0.4, 0.5) is 0 Å². The van der Waals surface area contributed by atoms with Gasteiger partial charge in [0.15, 0.2) is 6.61 Å². The van der Waals surface area contributed by atoms with E-state index in [9.17, 15) is 14.4 Å². The predicted octanol–water partition coefficient (Wildman–Crippen LogP) is 3.64. The Hall–Kier alpha value is -3.48. The van der Waals surface area contributed by atoms with Crippen LogP contribution < -0.4 is 10.9 Å². The van der Waals surface area contributed by atoms with E-state index >= 15 is 0 Å². The van der Waals surface area contributed by atoms with Crippen molar-refractivity contribution in [1.82, 2.24) is 14.9 Å². The van der Waals surface area contributed by atoms with Crippen molar-refractivity contribution < 1.29 is 14.3 Å². The third kappa shape index (κ3) is 4.82. The normalized spacial score (nSPS) is 13.9. The van der Waals surface area contributed by atoms with E-state index in [0.717, 1.165) is 18.4 Å². The number of hydrogen-bond acceptors (Lipinski definition) is 5. The lowest BCUT2D eigenvalue weighted by molar-refractivity contribution is -0.124. The molecule has 1 aromatic heterocycles. The van der Waals surface area contributed by atoms with Crippen LogP contribution >= 0.6 is 0 Å². The zero-order valence-electron chi connectivity index (χ0n) is 19.3. The van der Waals surface area contributed by atoms with Crippen LogP contribution in [-0.4, -0.2) is 28.0 Å².